The van der Waals surface area contributed by atoms with Crippen molar-refractivity contribution in [3.8, 4) is 0 Å². The molecule has 0 saturated carbocycles. The number of nitrogens with zero attached hydrogens (tertiary/aromatic N) is 2. The van der Waals surface area contributed by atoms with E-state index in [-0.39, 0.29) is 11.8 Å². The fraction of sp³-hybridized carbons (Fsp3) is 0.400. The summed E-state index contributed by atoms with van der Waals surface area (Å²) >= 11 is 1.48. The average Bonchev–Trinajstić information content (AvgIpc) is 3.24. The Labute approximate surface area is 164 Å². The Morgan fingerprint density at radius 2 is 1.74 bits per heavy atom. The summed E-state index contributed by atoms with van der Waals surface area (Å²) in [6.45, 7) is 5.87. The van der Waals surface area contributed by atoms with Crippen LogP contribution in [0.15, 0.2) is 47.2 Å². The maximum atomic E-state index is 11.9. The lowest BCUT2D eigenvalue weighted by Crippen LogP contribution is -2.48. The van der Waals surface area contributed by atoms with Crippen LogP contribution in [-0.4, -0.2) is 62.5 Å². The minimum atomic E-state index is -0.125. The number of nitrogens with one attached hydrogen (secondary N) is 2. The SMILES string of the molecule is O=C(CCNC(=O)c1ccsc1)NCCN1CCN(c2ccccc2)CC1. The second-order valence-electron chi connectivity index (χ2n) is 6.53. The molecule has 1 aromatic carbocycles. The summed E-state index contributed by atoms with van der Waals surface area (Å²) in [6.07, 6.45) is 0.303. The minimum absolute atomic E-state index is 0.0245. The third kappa shape index (κ3) is 6.08. The van der Waals surface area contributed by atoms with Gasteiger partial charge in [-0.2, -0.15) is 11.3 Å². The molecule has 0 bridgehead atoms. The van der Waals surface area contributed by atoms with E-state index in [0.29, 0.717) is 25.1 Å². The lowest BCUT2D eigenvalue weighted by Gasteiger charge is -2.36. The zero-order chi connectivity index (χ0) is 18.9. The van der Waals surface area contributed by atoms with Crippen molar-refractivity contribution in [2.75, 3.05) is 50.7 Å². The first-order valence-electron chi connectivity index (χ1n) is 9.32. The fourth-order valence-corrected chi connectivity index (χ4v) is 3.73. The highest BCUT2D eigenvalue weighted by Gasteiger charge is 2.16. The summed E-state index contributed by atoms with van der Waals surface area (Å²) in [6, 6.07) is 12.2. The Balaban J connectivity index is 1.26. The topological polar surface area (TPSA) is 64.7 Å². The van der Waals surface area contributed by atoms with Gasteiger partial charge in [0.05, 0.1) is 0 Å². The van der Waals surface area contributed by atoms with Gasteiger partial charge in [0.2, 0.25) is 5.91 Å². The first kappa shape index (κ1) is 19.4. The molecule has 2 amide bonds. The van der Waals surface area contributed by atoms with Gasteiger partial charge in [-0.15, -0.1) is 0 Å². The molecule has 3 rings (SSSR count). The maximum Gasteiger partial charge on any atom is 0.252 e. The predicted octanol–water partition coefficient (Wildman–Crippen LogP) is 1.81. The quantitative estimate of drug-likeness (QED) is 0.726. The smallest absolute Gasteiger partial charge is 0.252 e. The van der Waals surface area contributed by atoms with Crippen molar-refractivity contribution in [3.05, 3.63) is 52.7 Å². The van der Waals surface area contributed by atoms with Crippen LogP contribution in [0.3, 0.4) is 0 Å². The van der Waals surface area contributed by atoms with Gasteiger partial charge in [0.1, 0.15) is 0 Å². The Morgan fingerprint density at radius 1 is 0.963 bits per heavy atom. The van der Waals surface area contributed by atoms with E-state index in [9.17, 15) is 9.59 Å². The Bertz CT molecular complexity index is 713. The van der Waals surface area contributed by atoms with Gasteiger partial charge in [-0.3, -0.25) is 14.5 Å². The molecule has 2 N–H and O–H groups in total. The number of hydrogen-bond donors (Lipinski definition) is 2. The van der Waals surface area contributed by atoms with Crippen molar-refractivity contribution in [2.24, 2.45) is 0 Å². The normalized spacial score (nSPS) is 14.7. The largest absolute Gasteiger partial charge is 0.369 e. The number of anilines is 1. The molecule has 1 aliphatic rings. The Kier molecular flexibility index (Phi) is 7.24. The molecular formula is C20H26N4O2S. The van der Waals surface area contributed by atoms with Crippen LogP contribution in [0, 0.1) is 0 Å². The number of amides is 2. The molecule has 0 aliphatic carbocycles. The highest BCUT2D eigenvalue weighted by Crippen LogP contribution is 2.15. The third-order valence-electron chi connectivity index (χ3n) is 4.66. The monoisotopic (exact) mass is 386 g/mol. The molecule has 7 heteroatoms. The Morgan fingerprint density at radius 3 is 2.44 bits per heavy atom. The van der Waals surface area contributed by atoms with E-state index >= 15 is 0 Å². The molecule has 0 atom stereocenters. The van der Waals surface area contributed by atoms with Crippen LogP contribution in [0.4, 0.5) is 5.69 Å². The average molecular weight is 387 g/mol. The maximum absolute atomic E-state index is 11.9. The minimum Gasteiger partial charge on any atom is -0.369 e. The van der Waals surface area contributed by atoms with Gasteiger partial charge in [0.25, 0.3) is 5.91 Å². The standard InChI is InChI=1S/C20H26N4O2S/c25-19(6-8-22-20(26)17-7-15-27-16-17)21-9-10-23-11-13-24(14-12-23)18-4-2-1-3-5-18/h1-5,7,15-16H,6,8-14H2,(H,21,25)(H,22,26). The summed E-state index contributed by atoms with van der Waals surface area (Å²) < 4.78 is 0. The molecule has 27 heavy (non-hydrogen) atoms. The molecule has 0 unspecified atom stereocenters. The summed E-state index contributed by atoms with van der Waals surface area (Å²) in [5.74, 6) is -0.149. The van der Waals surface area contributed by atoms with Crippen molar-refractivity contribution < 1.29 is 9.59 Å². The van der Waals surface area contributed by atoms with Crippen LogP contribution in [0.25, 0.3) is 0 Å². The van der Waals surface area contributed by atoms with Crippen molar-refractivity contribution >= 4 is 28.8 Å². The predicted molar refractivity (Wildman–Crippen MR) is 109 cm³/mol. The van der Waals surface area contributed by atoms with Crippen molar-refractivity contribution in [3.63, 3.8) is 0 Å². The van der Waals surface area contributed by atoms with Crippen LogP contribution in [-0.2, 0) is 4.79 Å². The van der Waals surface area contributed by atoms with Crippen LogP contribution in [0.5, 0.6) is 0 Å². The number of carbonyl (C=O) groups excluding carboxylic acids is 2. The van der Waals surface area contributed by atoms with E-state index in [0.717, 1.165) is 32.7 Å². The molecule has 2 aromatic rings. The van der Waals surface area contributed by atoms with Crippen LogP contribution >= 0.6 is 11.3 Å². The lowest BCUT2D eigenvalue weighted by molar-refractivity contribution is -0.121. The van der Waals surface area contributed by atoms with Gasteiger partial charge in [-0.1, -0.05) is 18.2 Å². The highest BCUT2D eigenvalue weighted by molar-refractivity contribution is 7.08. The molecule has 0 radical (unpaired) electrons. The van der Waals surface area contributed by atoms with Crippen molar-refractivity contribution in [2.45, 2.75) is 6.42 Å². The molecule has 2 heterocycles. The first-order valence-corrected chi connectivity index (χ1v) is 10.3. The molecule has 6 nitrogen and oxygen atoms in total. The third-order valence-corrected chi connectivity index (χ3v) is 5.35. The van der Waals surface area contributed by atoms with Crippen molar-refractivity contribution in [1.82, 2.24) is 15.5 Å². The highest BCUT2D eigenvalue weighted by atomic mass is 32.1. The molecule has 1 aliphatic heterocycles. The number of rotatable bonds is 8. The van der Waals surface area contributed by atoms with Gasteiger partial charge >= 0.3 is 0 Å². The summed E-state index contributed by atoms with van der Waals surface area (Å²) in [7, 11) is 0. The van der Waals surface area contributed by atoms with Crippen LogP contribution < -0.4 is 15.5 Å². The molecular weight excluding hydrogens is 360 g/mol. The molecule has 144 valence electrons. The van der Waals surface area contributed by atoms with E-state index in [1.165, 1.54) is 17.0 Å². The van der Waals surface area contributed by atoms with Gasteiger partial charge in [-0.25, -0.2) is 0 Å². The number of thiophene rings is 1. The van der Waals surface area contributed by atoms with Crippen molar-refractivity contribution in [1.29, 1.82) is 0 Å². The zero-order valence-electron chi connectivity index (χ0n) is 15.4. The molecule has 1 saturated heterocycles. The number of carbonyl (C=O) groups is 2. The van der Waals surface area contributed by atoms with Gasteiger partial charge < -0.3 is 15.5 Å². The van der Waals surface area contributed by atoms with E-state index in [1.807, 2.05) is 11.4 Å². The second-order valence-corrected chi connectivity index (χ2v) is 7.31. The van der Waals surface area contributed by atoms with E-state index in [1.54, 1.807) is 11.4 Å². The van der Waals surface area contributed by atoms with E-state index in [4.69, 9.17) is 0 Å². The van der Waals surface area contributed by atoms with Crippen LogP contribution in [0.1, 0.15) is 16.8 Å². The number of piperazine rings is 1. The fourth-order valence-electron chi connectivity index (χ4n) is 3.10. The summed E-state index contributed by atoms with van der Waals surface area (Å²) in [5.41, 5.74) is 1.92. The van der Waals surface area contributed by atoms with Gasteiger partial charge in [0.15, 0.2) is 0 Å². The van der Waals surface area contributed by atoms with Gasteiger partial charge in [0, 0.05) is 68.9 Å². The number of hydrogen-bond acceptors (Lipinski definition) is 5. The van der Waals surface area contributed by atoms with E-state index in [2.05, 4.69) is 44.7 Å². The van der Waals surface area contributed by atoms with Crippen LogP contribution in [0.2, 0.25) is 0 Å². The number of benzene rings is 1. The zero-order valence-corrected chi connectivity index (χ0v) is 16.2. The summed E-state index contributed by atoms with van der Waals surface area (Å²) in [4.78, 5) is 28.5. The molecule has 0 spiro atoms. The second kappa shape index (κ2) is 10.1. The lowest BCUT2D eigenvalue weighted by atomic mass is 10.2. The first-order chi connectivity index (χ1) is 13.2. The Hall–Kier alpha value is -2.38. The summed E-state index contributed by atoms with van der Waals surface area (Å²) in [5, 5.41) is 9.37. The van der Waals surface area contributed by atoms with E-state index < -0.39 is 0 Å². The van der Waals surface area contributed by atoms with Gasteiger partial charge in [-0.05, 0) is 23.6 Å². The number of para-hydroxylation sites is 1. The molecule has 1 aromatic heterocycles. The molecule has 1 fully saturated rings.